The van der Waals surface area contributed by atoms with Gasteiger partial charge in [0.25, 0.3) is 0 Å². The summed E-state index contributed by atoms with van der Waals surface area (Å²) >= 11 is 1.40. The molecule has 3 heterocycles. The Kier molecular flexibility index (Phi) is 4.71. The molecule has 7 nitrogen and oxygen atoms in total. The number of ether oxygens (including phenoxy) is 2. The molecule has 1 N–H and O–H groups in total. The fraction of sp³-hybridized carbons (Fsp3) is 0.227. The molecule has 2 aromatic heterocycles. The maximum Gasteiger partial charge on any atom is 0.233 e. The van der Waals surface area contributed by atoms with E-state index >= 15 is 0 Å². The normalized spacial score (nSPS) is 13.7. The van der Waals surface area contributed by atoms with E-state index in [0.29, 0.717) is 17.5 Å². The highest BCUT2D eigenvalue weighted by Crippen LogP contribution is 2.32. The third-order valence-electron chi connectivity index (χ3n) is 5.13. The van der Waals surface area contributed by atoms with Crippen molar-refractivity contribution in [2.45, 2.75) is 30.8 Å². The molecule has 0 aliphatic carbocycles. The van der Waals surface area contributed by atoms with Gasteiger partial charge < -0.3 is 14.8 Å². The Labute approximate surface area is 177 Å². The van der Waals surface area contributed by atoms with Crippen LogP contribution in [-0.4, -0.2) is 32.5 Å². The fourth-order valence-corrected chi connectivity index (χ4v) is 4.44. The van der Waals surface area contributed by atoms with Gasteiger partial charge in [0.2, 0.25) is 12.7 Å². The van der Waals surface area contributed by atoms with E-state index in [0.717, 1.165) is 33.4 Å². The summed E-state index contributed by atoms with van der Waals surface area (Å²) in [6.45, 7) is 4.59. The number of benzene rings is 2. The van der Waals surface area contributed by atoms with Crippen LogP contribution in [0.1, 0.15) is 18.1 Å². The molecule has 30 heavy (non-hydrogen) atoms. The zero-order valence-electron chi connectivity index (χ0n) is 16.6. The summed E-state index contributed by atoms with van der Waals surface area (Å²) in [6, 6.07) is 15.8. The summed E-state index contributed by atoms with van der Waals surface area (Å²) < 4.78 is 12.7. The Morgan fingerprint density at radius 3 is 2.90 bits per heavy atom. The van der Waals surface area contributed by atoms with Crippen LogP contribution in [0, 0.1) is 6.92 Å². The van der Waals surface area contributed by atoms with E-state index in [1.165, 1.54) is 11.8 Å². The zero-order valence-corrected chi connectivity index (χ0v) is 17.4. The van der Waals surface area contributed by atoms with Crippen molar-refractivity contribution >= 4 is 34.2 Å². The molecule has 1 amide bonds. The van der Waals surface area contributed by atoms with Crippen molar-refractivity contribution in [2.75, 3.05) is 6.79 Å². The van der Waals surface area contributed by atoms with Gasteiger partial charge in [0.05, 0.1) is 10.8 Å². The number of rotatable bonds is 5. The Morgan fingerprint density at radius 1 is 1.17 bits per heavy atom. The van der Waals surface area contributed by atoms with E-state index in [4.69, 9.17) is 9.47 Å². The predicted octanol–water partition coefficient (Wildman–Crippen LogP) is 3.72. The highest BCUT2D eigenvalue weighted by atomic mass is 32.2. The van der Waals surface area contributed by atoms with Crippen LogP contribution in [0.2, 0.25) is 0 Å². The van der Waals surface area contributed by atoms with Crippen LogP contribution in [0.25, 0.3) is 16.6 Å². The maximum absolute atomic E-state index is 12.7. The molecule has 0 saturated heterocycles. The number of nitrogens with zero attached hydrogens (tertiary/aromatic N) is 3. The second-order valence-corrected chi connectivity index (χ2v) is 8.49. The summed E-state index contributed by atoms with van der Waals surface area (Å²) in [5, 5.41) is 13.1. The van der Waals surface area contributed by atoms with Crippen molar-refractivity contribution < 1.29 is 14.3 Å². The lowest BCUT2D eigenvalue weighted by Crippen LogP contribution is -2.30. The van der Waals surface area contributed by atoms with Crippen molar-refractivity contribution in [2.24, 2.45) is 0 Å². The first-order valence-corrected chi connectivity index (χ1v) is 10.5. The number of thioether (sulfide) groups is 1. The fourth-order valence-electron chi connectivity index (χ4n) is 3.55. The average molecular weight is 420 g/mol. The molecule has 0 fully saturated rings. The number of nitrogens with one attached hydrogen (secondary N) is 1. The van der Waals surface area contributed by atoms with Crippen molar-refractivity contribution in [3.63, 3.8) is 0 Å². The highest BCUT2D eigenvalue weighted by molar-refractivity contribution is 8.00. The number of hydrogen-bond acceptors (Lipinski definition) is 6. The van der Waals surface area contributed by atoms with Crippen LogP contribution in [0.5, 0.6) is 11.5 Å². The van der Waals surface area contributed by atoms with Gasteiger partial charge in [-0.15, -0.1) is 10.2 Å². The lowest BCUT2D eigenvalue weighted by atomic mass is 10.1. The Morgan fingerprint density at radius 2 is 2.00 bits per heavy atom. The number of carbonyl (C=O) groups excluding carboxylic acids is 1. The van der Waals surface area contributed by atoms with E-state index in [1.807, 2.05) is 53.8 Å². The summed E-state index contributed by atoms with van der Waals surface area (Å²) in [4.78, 5) is 12.7. The van der Waals surface area contributed by atoms with Crippen LogP contribution in [0.15, 0.2) is 53.7 Å². The predicted molar refractivity (Wildman–Crippen MR) is 115 cm³/mol. The summed E-state index contributed by atoms with van der Waals surface area (Å²) in [5.41, 5.74) is 3.92. The number of para-hydroxylation sites is 1. The third-order valence-corrected chi connectivity index (χ3v) is 6.17. The topological polar surface area (TPSA) is 77.8 Å². The molecule has 2 aromatic carbocycles. The Balaban J connectivity index is 1.32. The summed E-state index contributed by atoms with van der Waals surface area (Å²) in [6.07, 6.45) is 0. The number of amides is 1. The molecule has 0 saturated carbocycles. The third kappa shape index (κ3) is 3.33. The molecular formula is C22H20N4O3S. The molecule has 8 heteroatoms. The monoisotopic (exact) mass is 420 g/mol. The first-order chi connectivity index (χ1) is 14.6. The van der Waals surface area contributed by atoms with E-state index in [2.05, 4.69) is 28.5 Å². The average Bonchev–Trinajstić information content (AvgIpc) is 3.38. The molecule has 0 spiro atoms. The number of pyridine rings is 1. The smallest absolute Gasteiger partial charge is 0.233 e. The van der Waals surface area contributed by atoms with Gasteiger partial charge in [-0.25, -0.2) is 0 Å². The maximum atomic E-state index is 12.7. The number of aryl methyl sites for hydroxylation is 1. The van der Waals surface area contributed by atoms with Crippen molar-refractivity contribution in [1.82, 2.24) is 19.9 Å². The molecular weight excluding hydrogens is 400 g/mol. The molecule has 0 unspecified atom stereocenters. The molecule has 1 aliphatic rings. The van der Waals surface area contributed by atoms with Crippen LogP contribution in [-0.2, 0) is 11.3 Å². The number of aromatic nitrogens is 3. The summed E-state index contributed by atoms with van der Waals surface area (Å²) in [5.74, 6) is 1.38. The summed E-state index contributed by atoms with van der Waals surface area (Å²) in [7, 11) is 0. The molecule has 1 aliphatic heterocycles. The van der Waals surface area contributed by atoms with Crippen molar-refractivity contribution in [1.29, 1.82) is 0 Å². The van der Waals surface area contributed by atoms with Crippen molar-refractivity contribution in [3.8, 4) is 11.5 Å². The lowest BCUT2D eigenvalue weighted by molar-refractivity contribution is -0.120. The first-order valence-electron chi connectivity index (χ1n) is 9.66. The van der Waals surface area contributed by atoms with Gasteiger partial charge in [-0.1, -0.05) is 36.0 Å². The minimum atomic E-state index is -0.327. The van der Waals surface area contributed by atoms with Gasteiger partial charge in [-0.05, 0) is 49.2 Å². The minimum Gasteiger partial charge on any atom is -0.454 e. The quantitative estimate of drug-likeness (QED) is 0.496. The number of carbonyl (C=O) groups is 1. The van der Waals surface area contributed by atoms with Crippen LogP contribution in [0.3, 0.4) is 0 Å². The molecule has 1 atom stereocenters. The molecule has 152 valence electrons. The second-order valence-electron chi connectivity index (χ2n) is 7.19. The van der Waals surface area contributed by atoms with E-state index in [9.17, 15) is 4.79 Å². The lowest BCUT2D eigenvalue weighted by Gasteiger charge is -2.12. The zero-order chi connectivity index (χ0) is 20.7. The second kappa shape index (κ2) is 7.53. The molecule has 0 radical (unpaired) electrons. The Hall–Kier alpha value is -3.26. The first kappa shape index (κ1) is 18.7. The van der Waals surface area contributed by atoms with Gasteiger partial charge in [0.1, 0.15) is 0 Å². The highest BCUT2D eigenvalue weighted by Gasteiger charge is 2.20. The van der Waals surface area contributed by atoms with Crippen LogP contribution < -0.4 is 14.8 Å². The van der Waals surface area contributed by atoms with Gasteiger partial charge in [0, 0.05) is 11.9 Å². The van der Waals surface area contributed by atoms with Gasteiger partial charge >= 0.3 is 0 Å². The minimum absolute atomic E-state index is 0.0640. The van der Waals surface area contributed by atoms with Gasteiger partial charge in [-0.3, -0.25) is 9.20 Å². The number of hydrogen-bond donors (Lipinski definition) is 1. The van der Waals surface area contributed by atoms with E-state index in [1.54, 1.807) is 0 Å². The standard InChI is InChI=1S/C22H20N4O3S/c1-13-9-20-24-25-22(26(20)17-6-4-3-5-16(13)17)30-14(2)21(27)23-11-15-7-8-18-19(10-15)29-12-28-18/h3-10,14H,11-12H2,1-2H3,(H,23,27)/t14-/m1/s1. The van der Waals surface area contributed by atoms with Crippen molar-refractivity contribution in [3.05, 3.63) is 59.7 Å². The Bertz CT molecular complexity index is 1270. The SMILES string of the molecule is Cc1cc2nnc(S[C@H](C)C(=O)NCc3ccc4c(c3)OCO4)n2c2ccccc12. The number of fused-ring (bicyclic) bond motifs is 4. The largest absolute Gasteiger partial charge is 0.454 e. The van der Waals surface area contributed by atoms with E-state index in [-0.39, 0.29) is 18.0 Å². The molecule has 0 bridgehead atoms. The van der Waals surface area contributed by atoms with Crippen LogP contribution in [0.4, 0.5) is 0 Å². The van der Waals surface area contributed by atoms with E-state index < -0.39 is 0 Å². The molecule has 4 aromatic rings. The molecule has 5 rings (SSSR count). The van der Waals surface area contributed by atoms with Gasteiger partial charge in [0.15, 0.2) is 22.3 Å². The van der Waals surface area contributed by atoms with Gasteiger partial charge in [-0.2, -0.15) is 0 Å². The van der Waals surface area contributed by atoms with Crippen LogP contribution >= 0.6 is 11.8 Å².